The van der Waals surface area contributed by atoms with Crippen LogP contribution in [0.5, 0.6) is 5.75 Å². The molecule has 1 fully saturated rings. The van der Waals surface area contributed by atoms with Gasteiger partial charge in [-0.05, 0) is 12.1 Å². The topological polar surface area (TPSA) is 44.8 Å². The van der Waals surface area contributed by atoms with Gasteiger partial charge in [-0.2, -0.15) is 0 Å². The van der Waals surface area contributed by atoms with Crippen LogP contribution in [0.4, 0.5) is 4.39 Å². The van der Waals surface area contributed by atoms with Gasteiger partial charge in [0.05, 0.1) is 7.11 Å². The largest absolute Gasteiger partial charge is 0.496 e. The van der Waals surface area contributed by atoms with E-state index < -0.39 is 5.82 Å². The first kappa shape index (κ1) is 15.7. The van der Waals surface area contributed by atoms with Crippen LogP contribution in [0.15, 0.2) is 18.2 Å². The molecule has 0 radical (unpaired) electrons. The van der Waals surface area contributed by atoms with Crippen molar-refractivity contribution in [3.8, 4) is 5.75 Å². The second-order valence-electron chi connectivity index (χ2n) is 5.14. The summed E-state index contributed by atoms with van der Waals surface area (Å²) in [4.78, 5) is 16.2. The molecule has 1 saturated heterocycles. The average molecular weight is 295 g/mol. The van der Waals surface area contributed by atoms with Crippen molar-refractivity contribution in [2.24, 2.45) is 0 Å². The Morgan fingerprint density at radius 3 is 2.81 bits per heavy atom. The molecule has 0 atom stereocenters. The third kappa shape index (κ3) is 3.92. The number of rotatable bonds is 5. The number of benzene rings is 1. The molecular weight excluding hydrogens is 273 g/mol. The molecule has 0 bridgehead atoms. The molecule has 1 heterocycles. The van der Waals surface area contributed by atoms with Crippen molar-refractivity contribution in [1.82, 2.24) is 15.1 Å². The normalized spacial score (nSPS) is 15.8. The van der Waals surface area contributed by atoms with Crippen molar-refractivity contribution in [1.29, 1.82) is 0 Å². The van der Waals surface area contributed by atoms with Gasteiger partial charge >= 0.3 is 0 Å². The Morgan fingerprint density at radius 1 is 1.43 bits per heavy atom. The number of hydrogen-bond donors (Lipinski definition) is 1. The van der Waals surface area contributed by atoms with Gasteiger partial charge in [0.1, 0.15) is 17.1 Å². The van der Waals surface area contributed by atoms with Crippen LogP contribution in [0, 0.1) is 5.82 Å². The molecule has 116 valence electrons. The molecular formula is C15H22FN3O2. The molecule has 1 aliphatic heterocycles. The molecule has 0 spiro atoms. The lowest BCUT2D eigenvalue weighted by Gasteiger charge is -2.29. The maximum Gasteiger partial charge on any atom is 0.260 e. The second kappa shape index (κ2) is 7.38. The Bertz CT molecular complexity index is 490. The summed E-state index contributed by atoms with van der Waals surface area (Å²) in [5.41, 5.74) is 0.00260. The fraction of sp³-hybridized carbons (Fsp3) is 0.533. The van der Waals surface area contributed by atoms with Crippen molar-refractivity contribution in [2.45, 2.75) is 0 Å². The van der Waals surface area contributed by atoms with Gasteiger partial charge in [0, 0.05) is 46.3 Å². The number of halogens is 1. The van der Waals surface area contributed by atoms with Crippen LogP contribution in [0.1, 0.15) is 10.4 Å². The molecule has 0 aromatic heterocycles. The van der Waals surface area contributed by atoms with Gasteiger partial charge in [-0.15, -0.1) is 0 Å². The van der Waals surface area contributed by atoms with Crippen LogP contribution in [0.3, 0.4) is 0 Å². The van der Waals surface area contributed by atoms with Crippen LogP contribution in [-0.4, -0.2) is 69.1 Å². The molecule has 2 rings (SSSR count). The van der Waals surface area contributed by atoms with Crippen molar-refractivity contribution in [2.75, 3.05) is 53.4 Å². The Hall–Kier alpha value is -1.66. The number of carbonyl (C=O) groups excluding carboxylic acids is 1. The van der Waals surface area contributed by atoms with Gasteiger partial charge in [-0.25, -0.2) is 4.39 Å². The number of methoxy groups -OCH3 is 1. The van der Waals surface area contributed by atoms with E-state index in [1.165, 1.54) is 19.2 Å². The van der Waals surface area contributed by atoms with Crippen molar-refractivity contribution in [3.05, 3.63) is 29.6 Å². The van der Waals surface area contributed by atoms with Gasteiger partial charge < -0.3 is 15.0 Å². The second-order valence-corrected chi connectivity index (χ2v) is 5.14. The third-order valence-electron chi connectivity index (χ3n) is 3.72. The summed E-state index contributed by atoms with van der Waals surface area (Å²) in [7, 11) is 3.13. The zero-order valence-electron chi connectivity index (χ0n) is 12.6. The summed E-state index contributed by atoms with van der Waals surface area (Å²) in [6, 6.07) is 4.41. The highest BCUT2D eigenvalue weighted by Gasteiger charge is 2.21. The third-order valence-corrected chi connectivity index (χ3v) is 3.72. The SMILES string of the molecule is COc1cccc(F)c1C(=O)N(C)CCN1CCNCC1. The zero-order valence-corrected chi connectivity index (χ0v) is 12.6. The van der Waals surface area contributed by atoms with E-state index in [2.05, 4.69) is 10.2 Å². The number of carbonyl (C=O) groups is 1. The summed E-state index contributed by atoms with van der Waals surface area (Å²) >= 11 is 0. The number of piperazine rings is 1. The van der Waals surface area contributed by atoms with Crippen LogP contribution >= 0.6 is 0 Å². The predicted molar refractivity (Wildman–Crippen MR) is 79.2 cm³/mol. The summed E-state index contributed by atoms with van der Waals surface area (Å²) in [6.07, 6.45) is 0. The smallest absolute Gasteiger partial charge is 0.260 e. The highest BCUT2D eigenvalue weighted by molar-refractivity contribution is 5.97. The minimum Gasteiger partial charge on any atom is -0.496 e. The van der Waals surface area contributed by atoms with Crippen LogP contribution in [0.25, 0.3) is 0 Å². The number of ether oxygens (including phenoxy) is 1. The molecule has 0 unspecified atom stereocenters. The number of nitrogens with zero attached hydrogens (tertiary/aromatic N) is 2. The Kier molecular flexibility index (Phi) is 5.52. The molecule has 0 aliphatic carbocycles. The van der Waals surface area contributed by atoms with E-state index in [0.29, 0.717) is 6.54 Å². The Morgan fingerprint density at radius 2 is 2.14 bits per heavy atom. The number of hydrogen-bond acceptors (Lipinski definition) is 4. The van der Waals surface area contributed by atoms with E-state index in [0.717, 1.165) is 32.7 Å². The maximum absolute atomic E-state index is 13.9. The van der Waals surface area contributed by atoms with E-state index in [4.69, 9.17) is 4.74 Å². The van der Waals surface area contributed by atoms with E-state index >= 15 is 0 Å². The quantitative estimate of drug-likeness (QED) is 0.873. The van der Waals surface area contributed by atoms with Crippen LogP contribution in [0.2, 0.25) is 0 Å². The van der Waals surface area contributed by atoms with Crippen molar-refractivity contribution in [3.63, 3.8) is 0 Å². The van der Waals surface area contributed by atoms with Crippen LogP contribution < -0.4 is 10.1 Å². The first-order valence-electron chi connectivity index (χ1n) is 7.14. The summed E-state index contributed by atoms with van der Waals surface area (Å²) in [6.45, 7) is 5.25. The average Bonchev–Trinajstić information content (AvgIpc) is 2.52. The first-order chi connectivity index (χ1) is 10.1. The van der Waals surface area contributed by atoms with E-state index in [-0.39, 0.29) is 17.2 Å². The molecule has 1 aromatic carbocycles. The van der Waals surface area contributed by atoms with Gasteiger partial charge in [-0.1, -0.05) is 6.07 Å². The van der Waals surface area contributed by atoms with Crippen molar-refractivity contribution < 1.29 is 13.9 Å². The predicted octanol–water partition coefficient (Wildman–Crippen LogP) is 0.811. The standard InChI is InChI=1S/C15H22FN3O2/c1-18(10-11-19-8-6-17-7-9-19)15(20)14-12(16)4-3-5-13(14)21-2/h3-5,17H,6-11H2,1-2H3. The zero-order chi connectivity index (χ0) is 15.2. The Balaban J connectivity index is 1.98. The highest BCUT2D eigenvalue weighted by atomic mass is 19.1. The minimum atomic E-state index is -0.548. The lowest BCUT2D eigenvalue weighted by molar-refractivity contribution is 0.0766. The molecule has 0 saturated carbocycles. The van der Waals surface area contributed by atoms with Gasteiger partial charge in [0.25, 0.3) is 5.91 Å². The molecule has 21 heavy (non-hydrogen) atoms. The molecule has 5 nitrogen and oxygen atoms in total. The van der Waals surface area contributed by atoms with E-state index in [1.54, 1.807) is 18.0 Å². The van der Waals surface area contributed by atoms with E-state index in [1.807, 2.05) is 0 Å². The van der Waals surface area contributed by atoms with Crippen LogP contribution in [-0.2, 0) is 0 Å². The van der Waals surface area contributed by atoms with Gasteiger partial charge in [0.2, 0.25) is 0 Å². The molecule has 1 N–H and O–H groups in total. The summed E-state index contributed by atoms with van der Waals surface area (Å²) in [5, 5.41) is 3.29. The monoisotopic (exact) mass is 295 g/mol. The Labute approximate surface area is 124 Å². The first-order valence-corrected chi connectivity index (χ1v) is 7.14. The van der Waals surface area contributed by atoms with E-state index in [9.17, 15) is 9.18 Å². The lowest BCUT2D eigenvalue weighted by Crippen LogP contribution is -2.46. The van der Waals surface area contributed by atoms with Gasteiger partial charge in [0.15, 0.2) is 0 Å². The number of amides is 1. The fourth-order valence-corrected chi connectivity index (χ4v) is 2.40. The molecule has 1 amide bonds. The van der Waals surface area contributed by atoms with Crippen molar-refractivity contribution >= 4 is 5.91 Å². The summed E-state index contributed by atoms with van der Waals surface area (Å²) < 4.78 is 19.0. The molecule has 6 heteroatoms. The fourth-order valence-electron chi connectivity index (χ4n) is 2.40. The maximum atomic E-state index is 13.9. The number of likely N-dealkylation sites (N-methyl/N-ethyl adjacent to an activating group) is 1. The lowest BCUT2D eigenvalue weighted by atomic mass is 10.1. The molecule has 1 aromatic rings. The highest BCUT2D eigenvalue weighted by Crippen LogP contribution is 2.22. The summed E-state index contributed by atoms with van der Waals surface area (Å²) in [5.74, 6) is -0.623. The number of nitrogens with one attached hydrogen (secondary N) is 1. The minimum absolute atomic E-state index is 0.00260. The molecule has 1 aliphatic rings. The van der Waals surface area contributed by atoms with Gasteiger partial charge in [-0.3, -0.25) is 9.69 Å².